The zero-order chi connectivity index (χ0) is 17.4. The second-order valence-corrected chi connectivity index (χ2v) is 5.39. The van der Waals surface area contributed by atoms with Crippen molar-refractivity contribution in [2.75, 3.05) is 20.7 Å². The third-order valence-corrected chi connectivity index (χ3v) is 3.58. The summed E-state index contributed by atoms with van der Waals surface area (Å²) in [7, 11) is 3.30. The molecule has 0 fully saturated rings. The second kappa shape index (κ2) is 9.15. The van der Waals surface area contributed by atoms with Gasteiger partial charge in [-0.05, 0) is 38.5 Å². The molecular formula is C17H26N2O4. The summed E-state index contributed by atoms with van der Waals surface area (Å²) in [5, 5.41) is 2.67. The van der Waals surface area contributed by atoms with Crippen molar-refractivity contribution in [3.63, 3.8) is 0 Å². The van der Waals surface area contributed by atoms with Gasteiger partial charge in [0.05, 0.1) is 13.7 Å². The quantitative estimate of drug-likeness (QED) is 0.789. The van der Waals surface area contributed by atoms with Gasteiger partial charge in [0.2, 0.25) is 11.8 Å². The van der Waals surface area contributed by atoms with Crippen LogP contribution in [0.4, 0.5) is 0 Å². The minimum absolute atomic E-state index is 0.124. The van der Waals surface area contributed by atoms with Crippen LogP contribution in [0, 0.1) is 0 Å². The maximum absolute atomic E-state index is 12.1. The van der Waals surface area contributed by atoms with Crippen molar-refractivity contribution in [1.29, 1.82) is 0 Å². The topological polar surface area (TPSA) is 67.9 Å². The highest BCUT2D eigenvalue weighted by Gasteiger charge is 2.21. The number of nitrogens with one attached hydrogen (secondary N) is 1. The lowest BCUT2D eigenvalue weighted by molar-refractivity contribution is -0.139. The molecule has 0 spiro atoms. The molecule has 128 valence electrons. The van der Waals surface area contributed by atoms with Crippen molar-refractivity contribution in [1.82, 2.24) is 10.2 Å². The number of benzene rings is 1. The van der Waals surface area contributed by atoms with Crippen LogP contribution in [0.25, 0.3) is 0 Å². The molecule has 0 unspecified atom stereocenters. The minimum atomic E-state index is -0.650. The van der Waals surface area contributed by atoms with Gasteiger partial charge in [-0.2, -0.15) is 0 Å². The second-order valence-electron chi connectivity index (χ2n) is 5.39. The first-order valence-corrected chi connectivity index (χ1v) is 7.68. The summed E-state index contributed by atoms with van der Waals surface area (Å²) in [5.41, 5.74) is 0.916. The molecule has 2 atom stereocenters. The van der Waals surface area contributed by atoms with Crippen LogP contribution < -0.4 is 10.1 Å². The molecular weight excluding hydrogens is 296 g/mol. The molecule has 23 heavy (non-hydrogen) atoms. The number of hydrogen-bond acceptors (Lipinski definition) is 4. The number of nitrogens with zero attached hydrogens (tertiary/aromatic N) is 1. The lowest BCUT2D eigenvalue weighted by Crippen LogP contribution is -2.48. The van der Waals surface area contributed by atoms with E-state index < -0.39 is 12.1 Å². The SMILES string of the molecule is CCN(C)C(=O)[C@H](C)NC(=O)[C@H](C)OCc1cccc(OC)c1. The molecule has 0 aliphatic rings. The van der Waals surface area contributed by atoms with E-state index in [1.54, 1.807) is 32.9 Å². The van der Waals surface area contributed by atoms with Gasteiger partial charge in [-0.1, -0.05) is 12.1 Å². The Hall–Kier alpha value is -2.08. The first-order chi connectivity index (χ1) is 10.9. The number of hydrogen-bond donors (Lipinski definition) is 1. The molecule has 0 heterocycles. The Balaban J connectivity index is 2.49. The summed E-state index contributed by atoms with van der Waals surface area (Å²) in [6.45, 7) is 6.10. The molecule has 0 aromatic heterocycles. The zero-order valence-corrected chi connectivity index (χ0v) is 14.5. The maximum Gasteiger partial charge on any atom is 0.249 e. The Bertz CT molecular complexity index is 533. The van der Waals surface area contributed by atoms with E-state index >= 15 is 0 Å². The molecule has 0 aliphatic carbocycles. The Kier molecular flexibility index (Phi) is 7.54. The fraction of sp³-hybridized carbons (Fsp3) is 0.529. The van der Waals surface area contributed by atoms with E-state index in [1.807, 2.05) is 31.2 Å². The van der Waals surface area contributed by atoms with Gasteiger partial charge in [0.25, 0.3) is 0 Å². The van der Waals surface area contributed by atoms with Gasteiger partial charge in [0, 0.05) is 13.6 Å². The Morgan fingerprint density at radius 2 is 2.00 bits per heavy atom. The smallest absolute Gasteiger partial charge is 0.249 e. The first kappa shape index (κ1) is 19.0. The minimum Gasteiger partial charge on any atom is -0.497 e. The van der Waals surface area contributed by atoms with E-state index in [1.165, 1.54) is 0 Å². The number of ether oxygens (including phenoxy) is 2. The number of amides is 2. The molecule has 0 aliphatic heterocycles. The number of carbonyl (C=O) groups excluding carboxylic acids is 2. The molecule has 6 nitrogen and oxygen atoms in total. The summed E-state index contributed by atoms with van der Waals surface area (Å²) in [4.78, 5) is 25.6. The van der Waals surface area contributed by atoms with Crippen LogP contribution >= 0.6 is 0 Å². The van der Waals surface area contributed by atoms with Gasteiger partial charge in [-0.15, -0.1) is 0 Å². The summed E-state index contributed by atoms with van der Waals surface area (Å²) >= 11 is 0. The molecule has 1 rings (SSSR count). The van der Waals surface area contributed by atoms with Gasteiger partial charge in [-0.25, -0.2) is 0 Å². The third-order valence-electron chi connectivity index (χ3n) is 3.58. The molecule has 0 saturated carbocycles. The van der Waals surface area contributed by atoms with Crippen LogP contribution in [0.15, 0.2) is 24.3 Å². The van der Waals surface area contributed by atoms with Crippen molar-refractivity contribution in [2.45, 2.75) is 39.5 Å². The predicted octanol–water partition coefficient (Wildman–Crippen LogP) is 1.58. The van der Waals surface area contributed by atoms with Crippen LogP contribution in [-0.4, -0.2) is 49.6 Å². The van der Waals surface area contributed by atoms with Crippen LogP contribution in [-0.2, 0) is 20.9 Å². The Labute approximate surface area is 137 Å². The van der Waals surface area contributed by atoms with Crippen LogP contribution in [0.5, 0.6) is 5.75 Å². The highest BCUT2D eigenvalue weighted by Crippen LogP contribution is 2.13. The molecule has 2 amide bonds. The molecule has 1 aromatic carbocycles. The molecule has 0 saturated heterocycles. The van der Waals surface area contributed by atoms with Crippen LogP contribution in [0.2, 0.25) is 0 Å². The third kappa shape index (κ3) is 5.90. The molecule has 1 N–H and O–H groups in total. The summed E-state index contributed by atoms with van der Waals surface area (Å²) in [6.07, 6.45) is -0.650. The van der Waals surface area contributed by atoms with Crippen molar-refractivity contribution in [3.05, 3.63) is 29.8 Å². The first-order valence-electron chi connectivity index (χ1n) is 7.68. The Morgan fingerprint density at radius 1 is 1.30 bits per heavy atom. The van der Waals surface area contributed by atoms with Crippen LogP contribution in [0.3, 0.4) is 0 Å². The van der Waals surface area contributed by atoms with E-state index in [4.69, 9.17) is 9.47 Å². The van der Waals surface area contributed by atoms with Crippen molar-refractivity contribution < 1.29 is 19.1 Å². The zero-order valence-electron chi connectivity index (χ0n) is 14.5. The van der Waals surface area contributed by atoms with Gasteiger partial charge in [0.15, 0.2) is 0 Å². The van der Waals surface area contributed by atoms with E-state index in [2.05, 4.69) is 5.32 Å². The standard InChI is InChI=1S/C17H26N2O4/c1-6-19(4)17(21)12(2)18-16(20)13(3)23-11-14-8-7-9-15(10-14)22-5/h7-10,12-13H,6,11H2,1-5H3,(H,18,20)/t12-,13-/m0/s1. The largest absolute Gasteiger partial charge is 0.497 e. The molecule has 6 heteroatoms. The summed E-state index contributed by atoms with van der Waals surface area (Å²) in [6, 6.07) is 6.89. The summed E-state index contributed by atoms with van der Waals surface area (Å²) < 4.78 is 10.7. The molecule has 0 radical (unpaired) electrons. The number of likely N-dealkylation sites (N-methyl/N-ethyl adjacent to an activating group) is 1. The highest BCUT2D eigenvalue weighted by atomic mass is 16.5. The van der Waals surface area contributed by atoms with E-state index in [0.29, 0.717) is 13.2 Å². The monoisotopic (exact) mass is 322 g/mol. The maximum atomic E-state index is 12.1. The van der Waals surface area contributed by atoms with Crippen molar-refractivity contribution in [2.24, 2.45) is 0 Å². The van der Waals surface area contributed by atoms with Crippen LogP contribution in [0.1, 0.15) is 26.3 Å². The predicted molar refractivity (Wildman–Crippen MR) is 88.2 cm³/mol. The fourth-order valence-electron chi connectivity index (χ4n) is 1.94. The lowest BCUT2D eigenvalue weighted by Gasteiger charge is -2.22. The highest BCUT2D eigenvalue weighted by molar-refractivity contribution is 5.88. The Morgan fingerprint density at radius 3 is 2.61 bits per heavy atom. The molecule has 0 bridgehead atoms. The van der Waals surface area contributed by atoms with E-state index in [0.717, 1.165) is 11.3 Å². The number of carbonyl (C=O) groups is 2. The van der Waals surface area contributed by atoms with Gasteiger partial charge in [-0.3, -0.25) is 9.59 Å². The van der Waals surface area contributed by atoms with E-state index in [-0.39, 0.29) is 11.8 Å². The lowest BCUT2D eigenvalue weighted by atomic mass is 10.2. The average Bonchev–Trinajstić information content (AvgIpc) is 2.58. The average molecular weight is 322 g/mol. The van der Waals surface area contributed by atoms with Gasteiger partial charge in [0.1, 0.15) is 17.9 Å². The number of rotatable bonds is 8. The summed E-state index contributed by atoms with van der Waals surface area (Å²) in [5.74, 6) is 0.309. The van der Waals surface area contributed by atoms with Gasteiger partial charge < -0.3 is 19.7 Å². The number of methoxy groups -OCH3 is 1. The fourth-order valence-corrected chi connectivity index (χ4v) is 1.94. The molecule has 1 aromatic rings. The normalized spacial score (nSPS) is 13.1. The van der Waals surface area contributed by atoms with Crippen molar-refractivity contribution in [3.8, 4) is 5.75 Å². The van der Waals surface area contributed by atoms with Crippen molar-refractivity contribution >= 4 is 11.8 Å². The van der Waals surface area contributed by atoms with E-state index in [9.17, 15) is 9.59 Å². The van der Waals surface area contributed by atoms with Gasteiger partial charge >= 0.3 is 0 Å².